The molecule has 1 N–H and O–H groups in total. The summed E-state index contributed by atoms with van der Waals surface area (Å²) < 4.78 is 5.45. The number of nitrogens with zero attached hydrogens (tertiary/aromatic N) is 3. The Morgan fingerprint density at radius 3 is 2.48 bits per heavy atom. The molecule has 6 nitrogen and oxygen atoms in total. The van der Waals surface area contributed by atoms with Gasteiger partial charge in [0.05, 0.1) is 0 Å². The van der Waals surface area contributed by atoms with Crippen LogP contribution in [0.2, 0.25) is 10.3 Å². The number of aromatic nitrogens is 2. The van der Waals surface area contributed by atoms with Crippen LogP contribution in [-0.2, 0) is 22.7 Å². The largest absolute Gasteiger partial charge is 0.460 e. The predicted octanol–water partition coefficient (Wildman–Crippen LogP) is 2.30. The first kappa shape index (κ1) is 18.1. The van der Waals surface area contributed by atoms with Gasteiger partial charge in [0.2, 0.25) is 0 Å². The summed E-state index contributed by atoms with van der Waals surface area (Å²) in [6.07, 6.45) is 3.33. The van der Waals surface area contributed by atoms with Crippen molar-refractivity contribution in [2.45, 2.75) is 19.2 Å². The highest BCUT2D eigenvalue weighted by molar-refractivity contribution is 6.29. The zero-order valence-corrected chi connectivity index (χ0v) is 15.0. The van der Waals surface area contributed by atoms with Crippen LogP contribution in [0.1, 0.15) is 11.1 Å². The van der Waals surface area contributed by atoms with Gasteiger partial charge in [-0.25, -0.2) is 9.97 Å². The minimum Gasteiger partial charge on any atom is -0.460 e. The van der Waals surface area contributed by atoms with Gasteiger partial charge >= 0.3 is 5.97 Å². The number of carbonyl (C=O) groups excluding carboxylic acids is 1. The van der Waals surface area contributed by atoms with Crippen LogP contribution in [0.5, 0.6) is 0 Å². The number of ether oxygens (including phenoxy) is 1. The van der Waals surface area contributed by atoms with Crippen molar-refractivity contribution in [1.29, 1.82) is 0 Å². The number of carbonyl (C=O) groups is 1. The third-order valence-corrected chi connectivity index (χ3v) is 4.42. The molecule has 1 aliphatic rings. The first-order chi connectivity index (χ1) is 12.1. The fourth-order valence-corrected chi connectivity index (χ4v) is 2.87. The van der Waals surface area contributed by atoms with Crippen molar-refractivity contribution in [2.75, 3.05) is 19.6 Å². The van der Waals surface area contributed by atoms with Gasteiger partial charge in [0.1, 0.15) is 23.0 Å². The molecule has 1 atom stereocenters. The lowest BCUT2D eigenvalue weighted by Crippen LogP contribution is -2.54. The Hall–Kier alpha value is -1.73. The Morgan fingerprint density at radius 2 is 1.84 bits per heavy atom. The third-order valence-electron chi connectivity index (χ3n) is 3.97. The first-order valence-corrected chi connectivity index (χ1v) is 8.69. The van der Waals surface area contributed by atoms with Crippen molar-refractivity contribution in [3.05, 3.63) is 58.1 Å². The maximum Gasteiger partial charge on any atom is 0.325 e. The molecule has 0 bridgehead atoms. The van der Waals surface area contributed by atoms with Gasteiger partial charge in [-0.15, -0.1) is 0 Å². The first-order valence-electron chi connectivity index (χ1n) is 7.94. The van der Waals surface area contributed by atoms with Gasteiger partial charge in [0, 0.05) is 44.1 Å². The van der Waals surface area contributed by atoms with E-state index in [0.29, 0.717) is 23.4 Å². The Kier molecular flexibility index (Phi) is 6.20. The van der Waals surface area contributed by atoms with E-state index in [1.165, 1.54) is 0 Å². The molecule has 8 heteroatoms. The summed E-state index contributed by atoms with van der Waals surface area (Å²) >= 11 is 11.6. The number of esters is 1. The highest BCUT2D eigenvalue weighted by Crippen LogP contribution is 2.14. The topological polar surface area (TPSA) is 67.3 Å². The van der Waals surface area contributed by atoms with Gasteiger partial charge in [0.15, 0.2) is 0 Å². The molecule has 0 aliphatic carbocycles. The van der Waals surface area contributed by atoms with Crippen molar-refractivity contribution in [3.8, 4) is 0 Å². The molecule has 1 saturated heterocycles. The highest BCUT2D eigenvalue weighted by Gasteiger charge is 2.30. The van der Waals surface area contributed by atoms with E-state index in [1.54, 1.807) is 30.6 Å². The zero-order valence-electron chi connectivity index (χ0n) is 13.5. The fourth-order valence-electron chi connectivity index (χ4n) is 2.65. The van der Waals surface area contributed by atoms with E-state index < -0.39 is 0 Å². The number of hydrogen-bond donors (Lipinski definition) is 1. The summed E-state index contributed by atoms with van der Waals surface area (Å²) in [4.78, 5) is 22.7. The number of nitrogens with one attached hydrogen (secondary N) is 1. The maximum absolute atomic E-state index is 12.5. The van der Waals surface area contributed by atoms with Crippen molar-refractivity contribution in [2.24, 2.45) is 0 Å². The van der Waals surface area contributed by atoms with Gasteiger partial charge in [0.25, 0.3) is 0 Å². The second kappa shape index (κ2) is 8.58. The van der Waals surface area contributed by atoms with Gasteiger partial charge in [-0.1, -0.05) is 35.3 Å². The lowest BCUT2D eigenvalue weighted by molar-refractivity contribution is -0.152. The van der Waals surface area contributed by atoms with E-state index in [0.717, 1.165) is 24.2 Å². The van der Waals surface area contributed by atoms with E-state index in [2.05, 4.69) is 20.2 Å². The molecule has 132 valence electrons. The van der Waals surface area contributed by atoms with Crippen LogP contribution < -0.4 is 5.32 Å². The molecular weight excluding hydrogens is 363 g/mol. The van der Waals surface area contributed by atoms with Crippen molar-refractivity contribution in [3.63, 3.8) is 0 Å². The normalized spacial score (nSPS) is 18.1. The van der Waals surface area contributed by atoms with Gasteiger partial charge < -0.3 is 10.1 Å². The van der Waals surface area contributed by atoms with Crippen LogP contribution in [0, 0.1) is 0 Å². The summed E-state index contributed by atoms with van der Waals surface area (Å²) in [7, 11) is 0. The van der Waals surface area contributed by atoms with Gasteiger partial charge in [-0.05, 0) is 17.7 Å². The minimum absolute atomic E-state index is 0.176. The van der Waals surface area contributed by atoms with Crippen LogP contribution >= 0.6 is 23.2 Å². The second-order valence-corrected chi connectivity index (χ2v) is 6.55. The van der Waals surface area contributed by atoms with Crippen molar-refractivity contribution >= 4 is 29.2 Å². The quantitative estimate of drug-likeness (QED) is 0.633. The molecule has 1 aliphatic heterocycles. The monoisotopic (exact) mass is 380 g/mol. The predicted molar refractivity (Wildman–Crippen MR) is 95.4 cm³/mol. The smallest absolute Gasteiger partial charge is 0.325 e. The van der Waals surface area contributed by atoms with E-state index in [4.69, 9.17) is 27.9 Å². The van der Waals surface area contributed by atoms with Crippen LogP contribution in [0.25, 0.3) is 0 Å². The fraction of sp³-hybridized carbons (Fsp3) is 0.353. The summed E-state index contributed by atoms with van der Waals surface area (Å²) in [5, 5.41) is 4.10. The van der Waals surface area contributed by atoms with E-state index in [1.807, 2.05) is 6.07 Å². The number of rotatable bonds is 5. The second-order valence-electron chi connectivity index (χ2n) is 5.78. The van der Waals surface area contributed by atoms with Crippen LogP contribution in [0.4, 0.5) is 0 Å². The summed E-state index contributed by atoms with van der Waals surface area (Å²) in [6.45, 7) is 2.93. The SMILES string of the molecule is O=C(OCc1ccc(Cl)nc1)[C@H]1CNCCN1Cc1ccc(Cl)nc1. The molecule has 0 saturated carbocycles. The zero-order chi connectivity index (χ0) is 17.6. The van der Waals surface area contributed by atoms with Crippen LogP contribution in [0.3, 0.4) is 0 Å². The van der Waals surface area contributed by atoms with E-state index in [9.17, 15) is 4.79 Å². The highest BCUT2D eigenvalue weighted by atomic mass is 35.5. The third kappa shape index (κ3) is 5.12. The molecular formula is C17H18Cl2N4O2. The number of pyridine rings is 2. The lowest BCUT2D eigenvalue weighted by Gasteiger charge is -2.34. The molecule has 2 aromatic heterocycles. The van der Waals surface area contributed by atoms with E-state index in [-0.39, 0.29) is 18.6 Å². The summed E-state index contributed by atoms with van der Waals surface area (Å²) in [5.41, 5.74) is 1.81. The van der Waals surface area contributed by atoms with Crippen molar-refractivity contribution in [1.82, 2.24) is 20.2 Å². The summed E-state index contributed by atoms with van der Waals surface area (Å²) in [5.74, 6) is -0.260. The molecule has 3 rings (SSSR count). The molecule has 25 heavy (non-hydrogen) atoms. The van der Waals surface area contributed by atoms with E-state index >= 15 is 0 Å². The molecule has 2 aromatic rings. The maximum atomic E-state index is 12.5. The Balaban J connectivity index is 1.60. The molecule has 1 fully saturated rings. The molecule has 0 amide bonds. The standard InChI is InChI=1S/C17H18Cl2N4O2/c18-15-3-1-12(7-21-15)10-23-6-5-20-9-14(23)17(24)25-11-13-2-4-16(19)22-8-13/h1-4,7-8,14,20H,5-6,9-11H2/t14-/m1/s1. The number of hydrogen-bond acceptors (Lipinski definition) is 6. The molecule has 0 aromatic carbocycles. The van der Waals surface area contributed by atoms with Crippen LogP contribution in [-0.4, -0.2) is 46.5 Å². The summed E-state index contributed by atoms with van der Waals surface area (Å²) in [6, 6.07) is 6.79. The average Bonchev–Trinajstić information content (AvgIpc) is 2.63. The van der Waals surface area contributed by atoms with Crippen LogP contribution in [0.15, 0.2) is 36.7 Å². The molecule has 0 unspecified atom stereocenters. The van der Waals surface area contributed by atoms with Crippen molar-refractivity contribution < 1.29 is 9.53 Å². The molecule has 0 radical (unpaired) electrons. The van der Waals surface area contributed by atoms with Gasteiger partial charge in [-0.3, -0.25) is 9.69 Å². The molecule has 3 heterocycles. The average molecular weight is 381 g/mol. The Bertz CT molecular complexity index is 710. The Labute approximate surface area is 156 Å². The number of halogens is 2. The Morgan fingerprint density at radius 1 is 1.16 bits per heavy atom. The number of piperazine rings is 1. The molecule has 0 spiro atoms. The van der Waals surface area contributed by atoms with Gasteiger partial charge in [-0.2, -0.15) is 0 Å². The minimum atomic E-state index is -0.343. The lowest BCUT2D eigenvalue weighted by atomic mass is 10.1.